The summed E-state index contributed by atoms with van der Waals surface area (Å²) in [4.78, 5) is 0. The van der Waals surface area contributed by atoms with E-state index < -0.39 is 0 Å². The summed E-state index contributed by atoms with van der Waals surface area (Å²) in [5, 5.41) is 0.640. The van der Waals surface area contributed by atoms with Gasteiger partial charge in [-0.25, -0.2) is 0 Å². The van der Waals surface area contributed by atoms with E-state index in [1.54, 1.807) is 0 Å². The van der Waals surface area contributed by atoms with Crippen LogP contribution in [0.1, 0.15) is 17.2 Å². The highest BCUT2D eigenvalue weighted by molar-refractivity contribution is 7.99. The maximum atomic E-state index is 5.84. The number of hydrogen-bond acceptors (Lipinski definition) is 2. The largest absolute Gasteiger partial charge is 0.327 e. The van der Waals surface area contributed by atoms with Crippen molar-refractivity contribution in [1.29, 1.82) is 0 Å². The van der Waals surface area contributed by atoms with Gasteiger partial charge < -0.3 is 5.73 Å². The molecule has 1 fully saturated rings. The monoisotopic (exact) mass is 179 g/mol. The van der Waals surface area contributed by atoms with E-state index in [1.165, 1.54) is 5.56 Å². The van der Waals surface area contributed by atoms with E-state index in [4.69, 9.17) is 5.73 Å². The highest BCUT2D eigenvalue weighted by Crippen LogP contribution is 2.38. The molecule has 1 saturated heterocycles. The molecule has 0 aliphatic carbocycles. The number of thioether (sulfide) groups is 1. The number of nitrogens with two attached hydrogens (primary N) is 1. The molecule has 0 radical (unpaired) electrons. The van der Waals surface area contributed by atoms with Crippen molar-refractivity contribution in [2.75, 3.05) is 5.75 Å². The molecule has 1 aliphatic heterocycles. The summed E-state index contributed by atoms with van der Waals surface area (Å²) in [6, 6.07) is 11.0. The van der Waals surface area contributed by atoms with Crippen molar-refractivity contribution in [3.8, 4) is 0 Å². The van der Waals surface area contributed by atoms with Crippen molar-refractivity contribution in [3.05, 3.63) is 35.9 Å². The van der Waals surface area contributed by atoms with Gasteiger partial charge in [-0.2, -0.15) is 11.8 Å². The summed E-state index contributed by atoms with van der Waals surface area (Å²) in [5.41, 5.74) is 7.27. The molecule has 2 heteroatoms. The highest BCUT2D eigenvalue weighted by Gasteiger charge is 2.23. The van der Waals surface area contributed by atoms with Crippen molar-refractivity contribution >= 4 is 11.8 Å². The zero-order chi connectivity index (χ0) is 8.39. The number of hydrogen-bond donors (Lipinski definition) is 1. The van der Waals surface area contributed by atoms with Gasteiger partial charge in [0.2, 0.25) is 0 Å². The quantitative estimate of drug-likeness (QED) is 0.715. The zero-order valence-corrected chi connectivity index (χ0v) is 7.76. The second-order valence-corrected chi connectivity index (χ2v) is 4.46. The van der Waals surface area contributed by atoms with Crippen molar-refractivity contribution in [2.45, 2.75) is 17.7 Å². The van der Waals surface area contributed by atoms with Crippen molar-refractivity contribution < 1.29 is 0 Å². The molecule has 2 N–H and O–H groups in total. The lowest BCUT2D eigenvalue weighted by Gasteiger charge is -2.07. The Morgan fingerprint density at radius 1 is 1.25 bits per heavy atom. The van der Waals surface area contributed by atoms with Crippen molar-refractivity contribution in [3.63, 3.8) is 0 Å². The van der Waals surface area contributed by atoms with Crippen LogP contribution >= 0.6 is 11.8 Å². The van der Waals surface area contributed by atoms with E-state index in [1.807, 2.05) is 11.8 Å². The first-order valence-corrected chi connectivity index (χ1v) is 5.33. The first-order chi connectivity index (χ1) is 5.86. The lowest BCUT2D eigenvalue weighted by molar-refractivity contribution is 0.700. The predicted molar refractivity (Wildman–Crippen MR) is 54.2 cm³/mol. The molecule has 0 amide bonds. The molecule has 1 aromatic carbocycles. The Kier molecular flexibility index (Phi) is 2.38. The summed E-state index contributed by atoms with van der Waals surface area (Å²) in [6.45, 7) is 0. The lowest BCUT2D eigenvalue weighted by atomic mass is 10.1. The maximum absolute atomic E-state index is 5.84. The van der Waals surface area contributed by atoms with E-state index >= 15 is 0 Å². The van der Waals surface area contributed by atoms with E-state index in [-0.39, 0.29) is 0 Å². The Morgan fingerprint density at radius 3 is 2.58 bits per heavy atom. The van der Waals surface area contributed by atoms with E-state index in [0.29, 0.717) is 11.3 Å². The molecule has 0 aromatic heterocycles. The first kappa shape index (κ1) is 8.14. The maximum Gasteiger partial charge on any atom is 0.0312 e. The summed E-state index contributed by atoms with van der Waals surface area (Å²) < 4.78 is 0. The van der Waals surface area contributed by atoms with Crippen LogP contribution < -0.4 is 5.73 Å². The van der Waals surface area contributed by atoms with Crippen molar-refractivity contribution in [2.24, 2.45) is 5.73 Å². The van der Waals surface area contributed by atoms with Gasteiger partial charge in [-0.05, 0) is 12.0 Å². The van der Waals surface area contributed by atoms with Crippen LogP contribution in [0.4, 0.5) is 0 Å². The third-order valence-electron chi connectivity index (χ3n) is 2.20. The summed E-state index contributed by atoms with van der Waals surface area (Å²) in [7, 11) is 0. The molecule has 1 aliphatic rings. The number of rotatable bonds is 1. The molecular formula is C10H13NS. The van der Waals surface area contributed by atoms with Gasteiger partial charge in [0.15, 0.2) is 0 Å². The molecule has 0 spiro atoms. The fourth-order valence-electron chi connectivity index (χ4n) is 1.55. The third-order valence-corrected chi connectivity index (χ3v) is 3.69. The zero-order valence-electron chi connectivity index (χ0n) is 6.94. The van der Waals surface area contributed by atoms with Crippen LogP contribution in [-0.2, 0) is 0 Å². The summed E-state index contributed by atoms with van der Waals surface area (Å²) in [5.74, 6) is 1.11. The van der Waals surface area contributed by atoms with E-state index in [2.05, 4.69) is 30.3 Å². The molecule has 2 unspecified atom stereocenters. The molecule has 1 nitrogen and oxygen atoms in total. The standard InChI is InChI=1S/C10H13NS/c11-9-6-10(12-7-9)8-4-2-1-3-5-8/h1-5,9-10H,6-7,11H2. The topological polar surface area (TPSA) is 26.0 Å². The van der Waals surface area contributed by atoms with Crippen LogP contribution in [0.25, 0.3) is 0 Å². The normalized spacial score (nSPS) is 29.1. The van der Waals surface area contributed by atoms with Crippen LogP contribution in [-0.4, -0.2) is 11.8 Å². The molecular weight excluding hydrogens is 166 g/mol. The van der Waals surface area contributed by atoms with Gasteiger partial charge in [-0.1, -0.05) is 30.3 Å². The molecule has 0 bridgehead atoms. The molecule has 1 heterocycles. The average Bonchev–Trinajstić information content (AvgIpc) is 2.54. The Hall–Kier alpha value is -0.470. The molecule has 2 atom stereocenters. The smallest absolute Gasteiger partial charge is 0.0312 e. The van der Waals surface area contributed by atoms with Gasteiger partial charge in [-0.3, -0.25) is 0 Å². The third kappa shape index (κ3) is 1.65. The molecule has 12 heavy (non-hydrogen) atoms. The Balaban J connectivity index is 2.11. The van der Waals surface area contributed by atoms with Gasteiger partial charge in [-0.15, -0.1) is 0 Å². The van der Waals surface area contributed by atoms with Crippen LogP contribution in [0.5, 0.6) is 0 Å². The number of benzene rings is 1. The minimum absolute atomic E-state index is 0.403. The van der Waals surface area contributed by atoms with Gasteiger partial charge in [0.1, 0.15) is 0 Å². The van der Waals surface area contributed by atoms with Crippen LogP contribution in [0, 0.1) is 0 Å². The Bertz CT molecular complexity index is 247. The SMILES string of the molecule is NC1CSC(c2ccccc2)C1. The van der Waals surface area contributed by atoms with Gasteiger partial charge in [0, 0.05) is 17.0 Å². The van der Waals surface area contributed by atoms with E-state index in [9.17, 15) is 0 Å². The fraction of sp³-hybridized carbons (Fsp3) is 0.400. The van der Waals surface area contributed by atoms with Crippen LogP contribution in [0.15, 0.2) is 30.3 Å². The molecule has 64 valence electrons. The molecule has 0 saturated carbocycles. The first-order valence-electron chi connectivity index (χ1n) is 4.28. The van der Waals surface area contributed by atoms with Crippen LogP contribution in [0.3, 0.4) is 0 Å². The Morgan fingerprint density at radius 2 is 2.00 bits per heavy atom. The molecule has 1 aromatic rings. The Labute approximate surface area is 77.3 Å². The summed E-state index contributed by atoms with van der Waals surface area (Å²) >= 11 is 1.98. The van der Waals surface area contributed by atoms with Crippen molar-refractivity contribution in [1.82, 2.24) is 0 Å². The predicted octanol–water partition coefficient (Wildman–Crippen LogP) is 2.19. The second kappa shape index (κ2) is 3.50. The van der Waals surface area contributed by atoms with E-state index in [0.717, 1.165) is 12.2 Å². The minimum Gasteiger partial charge on any atom is -0.327 e. The fourth-order valence-corrected chi connectivity index (χ4v) is 2.90. The lowest BCUT2D eigenvalue weighted by Crippen LogP contribution is -2.17. The van der Waals surface area contributed by atoms with Gasteiger partial charge in [0.05, 0.1) is 0 Å². The minimum atomic E-state index is 0.403. The average molecular weight is 179 g/mol. The summed E-state index contributed by atoms with van der Waals surface area (Å²) in [6.07, 6.45) is 1.13. The van der Waals surface area contributed by atoms with Gasteiger partial charge in [0.25, 0.3) is 0 Å². The molecule has 2 rings (SSSR count). The second-order valence-electron chi connectivity index (χ2n) is 3.23. The van der Waals surface area contributed by atoms with Crippen LogP contribution in [0.2, 0.25) is 0 Å². The highest BCUT2D eigenvalue weighted by atomic mass is 32.2. The van der Waals surface area contributed by atoms with Gasteiger partial charge >= 0.3 is 0 Å².